The first-order valence-corrected chi connectivity index (χ1v) is 10.2. The van der Waals surface area contributed by atoms with Gasteiger partial charge < -0.3 is 0 Å². The normalized spacial score (nSPS) is 11.7. The van der Waals surface area contributed by atoms with Crippen molar-refractivity contribution in [3.05, 3.63) is 94.6 Å². The van der Waals surface area contributed by atoms with Crippen LogP contribution in [0.2, 0.25) is 0 Å². The molecule has 0 atom stereocenters. The van der Waals surface area contributed by atoms with Gasteiger partial charge in [-0.25, -0.2) is 14.5 Å². The van der Waals surface area contributed by atoms with Crippen molar-refractivity contribution >= 4 is 5.69 Å². The molecule has 4 heterocycles. The van der Waals surface area contributed by atoms with Crippen LogP contribution in [0.4, 0.5) is 27.6 Å². The third-order valence-corrected chi connectivity index (χ3v) is 5.37. The van der Waals surface area contributed by atoms with E-state index in [1.165, 1.54) is 24.3 Å². The number of halogens is 5. The predicted octanol–water partition coefficient (Wildman–Crippen LogP) is 5.77. The van der Waals surface area contributed by atoms with Crippen LogP contribution in [0.5, 0.6) is 0 Å². The second kappa shape index (κ2) is 8.82. The molecule has 4 rings (SSSR count). The van der Waals surface area contributed by atoms with Crippen LogP contribution in [0.25, 0.3) is 21.9 Å². The number of hydrogen-bond acceptors (Lipinski definition) is 5. The first-order chi connectivity index (χ1) is 16.9. The van der Waals surface area contributed by atoms with Gasteiger partial charge in [-0.05, 0) is 50.2 Å². The minimum atomic E-state index is -4.66. The Labute approximate surface area is 201 Å². The Balaban J connectivity index is 1.86. The van der Waals surface area contributed by atoms with Crippen LogP contribution in [-0.4, -0.2) is 24.7 Å². The molecular weight excluding hydrogens is 481 g/mol. The molecular formula is C24H14F5N7. The van der Waals surface area contributed by atoms with Crippen molar-refractivity contribution in [2.24, 2.45) is 0 Å². The molecule has 7 nitrogen and oxygen atoms in total. The second-order valence-electron chi connectivity index (χ2n) is 8.16. The average Bonchev–Trinajstić information content (AvgIpc) is 3.34. The molecule has 4 aromatic heterocycles. The quantitative estimate of drug-likeness (QED) is 0.204. The third kappa shape index (κ3) is 4.61. The molecule has 0 saturated heterocycles. The number of nitriles is 1. The number of alkyl halides is 3. The summed E-state index contributed by atoms with van der Waals surface area (Å²) >= 11 is 0. The lowest BCUT2D eigenvalue weighted by atomic mass is 9.83. The van der Waals surface area contributed by atoms with Crippen LogP contribution in [0, 0.1) is 29.8 Å². The highest BCUT2D eigenvalue weighted by Crippen LogP contribution is 2.35. The fourth-order valence-corrected chi connectivity index (χ4v) is 3.39. The monoisotopic (exact) mass is 495 g/mol. The Morgan fingerprint density at radius 2 is 1.67 bits per heavy atom. The van der Waals surface area contributed by atoms with Gasteiger partial charge in [0, 0.05) is 23.4 Å². The third-order valence-electron chi connectivity index (χ3n) is 5.37. The van der Waals surface area contributed by atoms with Gasteiger partial charge in [-0.15, -0.1) is 0 Å². The van der Waals surface area contributed by atoms with Crippen molar-refractivity contribution in [2.75, 3.05) is 0 Å². The summed E-state index contributed by atoms with van der Waals surface area (Å²) in [5, 5.41) is 13.0. The highest BCUT2D eigenvalue weighted by molar-refractivity contribution is 5.65. The molecule has 0 spiro atoms. The molecule has 0 aromatic carbocycles. The van der Waals surface area contributed by atoms with Crippen molar-refractivity contribution in [1.29, 1.82) is 5.26 Å². The molecule has 12 heteroatoms. The summed E-state index contributed by atoms with van der Waals surface area (Å²) in [4.78, 5) is 15.4. The number of hydrogen-bond donors (Lipinski definition) is 0. The van der Waals surface area contributed by atoms with Gasteiger partial charge in [0.2, 0.25) is 11.9 Å². The Kier molecular flexibility index (Phi) is 5.98. The second-order valence-corrected chi connectivity index (χ2v) is 8.16. The predicted molar refractivity (Wildman–Crippen MR) is 117 cm³/mol. The van der Waals surface area contributed by atoms with E-state index in [2.05, 4.69) is 24.9 Å². The highest BCUT2D eigenvalue weighted by atomic mass is 19.4. The zero-order chi connectivity index (χ0) is 26.3. The van der Waals surface area contributed by atoms with Crippen LogP contribution in [0.1, 0.15) is 36.5 Å². The molecule has 0 amide bonds. The molecule has 180 valence electrons. The Morgan fingerprint density at radius 1 is 0.944 bits per heavy atom. The standard InChI is InChI=1S/C24H14F5N7/c1-23(2,19-11-14(31-3)10-16(32-19)15-4-5-20(25)34-22(15)26)18-8-13(12-30)9-21(33-18)36-7-6-17(35-36)24(27,28)29/h4-11H,1-2H3. The van der Waals surface area contributed by atoms with Crippen LogP contribution in [0.15, 0.2) is 48.7 Å². The molecule has 0 saturated carbocycles. The summed E-state index contributed by atoms with van der Waals surface area (Å²) in [6.07, 6.45) is -3.59. The molecule has 36 heavy (non-hydrogen) atoms. The van der Waals surface area contributed by atoms with Crippen molar-refractivity contribution in [1.82, 2.24) is 24.7 Å². The van der Waals surface area contributed by atoms with Crippen molar-refractivity contribution in [3.63, 3.8) is 0 Å². The van der Waals surface area contributed by atoms with E-state index >= 15 is 0 Å². The largest absolute Gasteiger partial charge is 0.435 e. The van der Waals surface area contributed by atoms with Crippen molar-refractivity contribution in [3.8, 4) is 23.1 Å². The van der Waals surface area contributed by atoms with E-state index in [1.807, 2.05) is 6.07 Å². The zero-order valence-corrected chi connectivity index (χ0v) is 18.6. The lowest BCUT2D eigenvalue weighted by molar-refractivity contribution is -0.141. The smallest absolute Gasteiger partial charge is 0.254 e. The Morgan fingerprint density at radius 3 is 2.28 bits per heavy atom. The number of pyridine rings is 3. The van der Waals surface area contributed by atoms with Gasteiger partial charge in [0.05, 0.1) is 35.2 Å². The molecule has 4 aromatic rings. The minimum Gasteiger partial charge on any atom is -0.254 e. The van der Waals surface area contributed by atoms with Crippen molar-refractivity contribution < 1.29 is 22.0 Å². The average molecular weight is 495 g/mol. The molecule has 0 fully saturated rings. The Bertz CT molecular complexity index is 1560. The first-order valence-electron chi connectivity index (χ1n) is 10.2. The maximum absolute atomic E-state index is 14.3. The molecule has 0 unspecified atom stereocenters. The number of aromatic nitrogens is 5. The topological polar surface area (TPSA) is 84.6 Å². The zero-order valence-electron chi connectivity index (χ0n) is 18.6. The van der Waals surface area contributed by atoms with Gasteiger partial charge in [-0.1, -0.05) is 0 Å². The van der Waals surface area contributed by atoms with E-state index in [0.29, 0.717) is 0 Å². The van der Waals surface area contributed by atoms with Crippen LogP contribution >= 0.6 is 0 Å². The number of rotatable bonds is 4. The van der Waals surface area contributed by atoms with Crippen molar-refractivity contribution in [2.45, 2.75) is 25.4 Å². The number of nitrogens with zero attached hydrogens (tertiary/aromatic N) is 7. The summed E-state index contributed by atoms with van der Waals surface area (Å²) in [5.74, 6) is -2.17. The van der Waals surface area contributed by atoms with Gasteiger partial charge in [-0.3, -0.25) is 4.98 Å². The van der Waals surface area contributed by atoms with E-state index in [4.69, 9.17) is 6.57 Å². The summed E-state index contributed by atoms with van der Waals surface area (Å²) in [7, 11) is 0. The van der Waals surface area contributed by atoms with Gasteiger partial charge in [-0.2, -0.15) is 37.3 Å². The summed E-state index contributed by atoms with van der Waals surface area (Å²) in [6, 6.07) is 10.3. The molecule has 0 radical (unpaired) electrons. The maximum atomic E-state index is 14.3. The van der Waals surface area contributed by atoms with Gasteiger partial charge >= 0.3 is 6.18 Å². The molecule has 0 N–H and O–H groups in total. The molecule has 0 aliphatic heterocycles. The highest BCUT2D eigenvalue weighted by Gasteiger charge is 2.34. The van der Waals surface area contributed by atoms with Gasteiger partial charge in [0.25, 0.3) is 0 Å². The van der Waals surface area contributed by atoms with E-state index in [1.54, 1.807) is 13.8 Å². The molecule has 0 aliphatic carbocycles. The lowest BCUT2D eigenvalue weighted by Crippen LogP contribution is -2.23. The Hall–Kier alpha value is -4.71. The summed E-state index contributed by atoms with van der Waals surface area (Å²) < 4.78 is 67.6. The van der Waals surface area contributed by atoms with Crippen LogP contribution in [0.3, 0.4) is 0 Å². The summed E-state index contributed by atoms with van der Waals surface area (Å²) in [6.45, 7) is 10.8. The van der Waals surface area contributed by atoms with E-state index in [-0.39, 0.29) is 39.7 Å². The van der Waals surface area contributed by atoms with E-state index in [0.717, 1.165) is 29.1 Å². The minimum absolute atomic E-state index is 0.0233. The van der Waals surface area contributed by atoms with E-state index in [9.17, 15) is 27.2 Å². The maximum Gasteiger partial charge on any atom is 0.435 e. The first kappa shape index (κ1) is 24.4. The van der Waals surface area contributed by atoms with E-state index < -0.39 is 29.2 Å². The SMILES string of the molecule is [C-]#[N+]c1cc(-c2ccc(F)nc2F)nc(C(C)(C)c2cc(C#N)cc(-n3ccc(C(F)(F)F)n3)n2)c1. The van der Waals surface area contributed by atoms with Crippen LogP contribution in [-0.2, 0) is 11.6 Å². The van der Waals surface area contributed by atoms with Gasteiger partial charge in [0.1, 0.15) is 0 Å². The lowest BCUT2D eigenvalue weighted by Gasteiger charge is -2.25. The fourth-order valence-electron chi connectivity index (χ4n) is 3.39. The fraction of sp³-hybridized carbons (Fsp3) is 0.167. The molecule has 0 aliphatic rings. The summed E-state index contributed by atoms with van der Waals surface area (Å²) in [5.41, 5.74) is -1.66. The van der Waals surface area contributed by atoms with Gasteiger partial charge in [0.15, 0.2) is 17.2 Å². The van der Waals surface area contributed by atoms with Crippen LogP contribution < -0.4 is 0 Å². The molecule has 0 bridgehead atoms.